The van der Waals surface area contributed by atoms with Crippen molar-refractivity contribution in [1.29, 1.82) is 0 Å². The number of nitrogens with two attached hydrogens (primary N) is 3. The van der Waals surface area contributed by atoms with E-state index in [4.69, 9.17) is 17.2 Å². The van der Waals surface area contributed by atoms with Crippen molar-refractivity contribution in [3.63, 3.8) is 0 Å². The molecular weight excluding hydrogens is 142 g/mol. The topological polar surface area (TPSA) is 95.1 Å². The molecule has 4 heteroatoms. The maximum atomic E-state index is 10.4. The Morgan fingerprint density at radius 3 is 2.45 bits per heavy atom. The molecule has 0 fully saturated rings. The molecule has 1 atom stereocenters. The van der Waals surface area contributed by atoms with Gasteiger partial charge in [-0.25, -0.2) is 0 Å². The third-order valence-corrected chi connectivity index (χ3v) is 1.49. The summed E-state index contributed by atoms with van der Waals surface area (Å²) in [6.07, 6.45) is 3.06. The second-order valence-corrected chi connectivity index (χ2v) is 2.71. The van der Waals surface area contributed by atoms with E-state index in [1.807, 2.05) is 0 Å². The van der Waals surface area contributed by atoms with Crippen LogP contribution in [0.5, 0.6) is 0 Å². The highest BCUT2D eigenvalue weighted by Crippen LogP contribution is 2.00. The smallest absolute Gasteiger partial charge is 0.218 e. The van der Waals surface area contributed by atoms with Crippen molar-refractivity contribution in [2.45, 2.75) is 31.7 Å². The van der Waals surface area contributed by atoms with E-state index in [0.29, 0.717) is 6.54 Å². The SMILES string of the molecule is NCCCCC(N)CC(N)=O. The van der Waals surface area contributed by atoms with Crippen molar-refractivity contribution in [2.75, 3.05) is 6.54 Å². The minimum absolute atomic E-state index is 0.0842. The van der Waals surface area contributed by atoms with Gasteiger partial charge in [-0.2, -0.15) is 0 Å². The third kappa shape index (κ3) is 7.29. The van der Waals surface area contributed by atoms with Crippen LogP contribution in [-0.4, -0.2) is 18.5 Å². The standard InChI is InChI=1S/C7H17N3O/c8-4-2-1-3-6(9)5-7(10)11/h6H,1-5,8-9H2,(H2,10,11). The van der Waals surface area contributed by atoms with E-state index < -0.39 is 0 Å². The van der Waals surface area contributed by atoms with E-state index in [1.54, 1.807) is 0 Å². The Morgan fingerprint density at radius 2 is 2.00 bits per heavy atom. The summed E-state index contributed by atoms with van der Waals surface area (Å²) >= 11 is 0. The summed E-state index contributed by atoms with van der Waals surface area (Å²) in [5.74, 6) is -0.328. The minimum Gasteiger partial charge on any atom is -0.370 e. The number of carbonyl (C=O) groups excluding carboxylic acids is 1. The molecule has 0 aromatic carbocycles. The molecule has 0 heterocycles. The van der Waals surface area contributed by atoms with Gasteiger partial charge in [0.2, 0.25) is 5.91 Å². The van der Waals surface area contributed by atoms with E-state index in [1.165, 1.54) is 0 Å². The molecule has 0 aliphatic carbocycles. The van der Waals surface area contributed by atoms with Crippen LogP contribution >= 0.6 is 0 Å². The van der Waals surface area contributed by atoms with E-state index in [2.05, 4.69) is 0 Å². The van der Waals surface area contributed by atoms with Gasteiger partial charge in [-0.1, -0.05) is 6.42 Å². The number of hydrogen-bond acceptors (Lipinski definition) is 3. The first-order valence-electron chi connectivity index (χ1n) is 3.90. The maximum absolute atomic E-state index is 10.4. The average molecular weight is 159 g/mol. The lowest BCUT2D eigenvalue weighted by atomic mass is 10.1. The second kappa shape index (κ2) is 6.12. The van der Waals surface area contributed by atoms with Crippen molar-refractivity contribution in [2.24, 2.45) is 17.2 Å². The zero-order chi connectivity index (χ0) is 8.69. The molecule has 0 saturated heterocycles. The molecule has 4 nitrogen and oxygen atoms in total. The molecule has 1 unspecified atom stereocenters. The highest BCUT2D eigenvalue weighted by atomic mass is 16.1. The van der Waals surface area contributed by atoms with E-state index in [0.717, 1.165) is 19.3 Å². The lowest BCUT2D eigenvalue weighted by Gasteiger charge is -2.07. The van der Waals surface area contributed by atoms with Crippen molar-refractivity contribution in [3.8, 4) is 0 Å². The van der Waals surface area contributed by atoms with Crippen LogP contribution in [0, 0.1) is 0 Å². The molecule has 0 aliphatic rings. The fraction of sp³-hybridized carbons (Fsp3) is 0.857. The van der Waals surface area contributed by atoms with Crippen molar-refractivity contribution < 1.29 is 4.79 Å². The number of amides is 1. The maximum Gasteiger partial charge on any atom is 0.218 e. The minimum atomic E-state index is -0.328. The first kappa shape index (κ1) is 10.4. The second-order valence-electron chi connectivity index (χ2n) is 2.71. The molecular formula is C7H17N3O. The van der Waals surface area contributed by atoms with Crippen LogP contribution in [0.4, 0.5) is 0 Å². The van der Waals surface area contributed by atoms with Crippen molar-refractivity contribution >= 4 is 5.91 Å². The Balaban J connectivity index is 3.22. The highest BCUT2D eigenvalue weighted by molar-refractivity contribution is 5.74. The number of unbranched alkanes of at least 4 members (excludes halogenated alkanes) is 1. The summed E-state index contributed by atoms with van der Waals surface area (Å²) in [5, 5.41) is 0. The van der Waals surface area contributed by atoms with Crippen LogP contribution in [0.1, 0.15) is 25.7 Å². The number of carbonyl (C=O) groups is 1. The van der Waals surface area contributed by atoms with E-state index >= 15 is 0 Å². The van der Waals surface area contributed by atoms with Crippen molar-refractivity contribution in [1.82, 2.24) is 0 Å². The lowest BCUT2D eigenvalue weighted by molar-refractivity contribution is -0.118. The van der Waals surface area contributed by atoms with E-state index in [9.17, 15) is 4.79 Å². The Kier molecular flexibility index (Phi) is 5.78. The van der Waals surface area contributed by atoms with Gasteiger partial charge in [0.1, 0.15) is 0 Å². The predicted molar refractivity (Wildman–Crippen MR) is 44.7 cm³/mol. The van der Waals surface area contributed by atoms with Crippen LogP contribution < -0.4 is 17.2 Å². The lowest BCUT2D eigenvalue weighted by Crippen LogP contribution is -2.27. The number of rotatable bonds is 6. The van der Waals surface area contributed by atoms with Gasteiger partial charge in [0.05, 0.1) is 0 Å². The Morgan fingerprint density at radius 1 is 1.36 bits per heavy atom. The largest absolute Gasteiger partial charge is 0.370 e. The number of hydrogen-bond donors (Lipinski definition) is 3. The first-order valence-corrected chi connectivity index (χ1v) is 3.90. The Labute approximate surface area is 67.1 Å². The monoisotopic (exact) mass is 159 g/mol. The molecule has 66 valence electrons. The fourth-order valence-corrected chi connectivity index (χ4v) is 0.911. The van der Waals surface area contributed by atoms with Gasteiger partial charge in [0, 0.05) is 12.5 Å². The van der Waals surface area contributed by atoms with Crippen LogP contribution in [0.25, 0.3) is 0 Å². The third-order valence-electron chi connectivity index (χ3n) is 1.49. The van der Waals surface area contributed by atoms with Gasteiger partial charge in [-0.3, -0.25) is 4.79 Å². The molecule has 0 aliphatic heterocycles. The zero-order valence-corrected chi connectivity index (χ0v) is 6.75. The fourth-order valence-electron chi connectivity index (χ4n) is 0.911. The molecule has 11 heavy (non-hydrogen) atoms. The van der Waals surface area contributed by atoms with Crippen LogP contribution in [-0.2, 0) is 4.79 Å². The molecule has 6 N–H and O–H groups in total. The first-order chi connectivity index (χ1) is 5.16. The summed E-state index contributed by atoms with van der Waals surface area (Å²) in [6, 6.07) is -0.0842. The summed E-state index contributed by atoms with van der Waals surface area (Å²) in [7, 11) is 0. The van der Waals surface area contributed by atoms with E-state index in [-0.39, 0.29) is 18.4 Å². The quantitative estimate of drug-likeness (QED) is 0.448. The molecule has 0 radical (unpaired) electrons. The van der Waals surface area contributed by atoms with Crippen molar-refractivity contribution in [3.05, 3.63) is 0 Å². The predicted octanol–water partition coefficient (Wildman–Crippen LogP) is -0.682. The van der Waals surface area contributed by atoms with Gasteiger partial charge in [0.25, 0.3) is 0 Å². The van der Waals surface area contributed by atoms with Gasteiger partial charge in [-0.15, -0.1) is 0 Å². The van der Waals surface area contributed by atoms with Crippen LogP contribution in [0.3, 0.4) is 0 Å². The zero-order valence-electron chi connectivity index (χ0n) is 6.75. The Bertz CT molecular complexity index is 116. The highest BCUT2D eigenvalue weighted by Gasteiger charge is 2.04. The molecule has 1 amide bonds. The van der Waals surface area contributed by atoms with Gasteiger partial charge >= 0.3 is 0 Å². The average Bonchev–Trinajstić information content (AvgIpc) is 1.86. The van der Waals surface area contributed by atoms with Crippen LogP contribution in [0.2, 0.25) is 0 Å². The van der Waals surface area contributed by atoms with Gasteiger partial charge in [-0.05, 0) is 19.4 Å². The molecule has 0 bridgehead atoms. The molecule has 0 saturated carbocycles. The van der Waals surface area contributed by atoms with Gasteiger partial charge in [0.15, 0.2) is 0 Å². The molecule has 0 spiro atoms. The molecule has 0 aromatic heterocycles. The normalized spacial score (nSPS) is 12.9. The van der Waals surface area contributed by atoms with Gasteiger partial charge < -0.3 is 17.2 Å². The molecule has 0 rings (SSSR count). The van der Waals surface area contributed by atoms with Crippen LogP contribution in [0.15, 0.2) is 0 Å². The Hall–Kier alpha value is -0.610. The number of primary amides is 1. The molecule has 0 aromatic rings. The summed E-state index contributed by atoms with van der Waals surface area (Å²) in [4.78, 5) is 10.4. The summed E-state index contributed by atoms with van der Waals surface area (Å²) in [5.41, 5.74) is 15.8. The summed E-state index contributed by atoms with van der Waals surface area (Å²) in [6.45, 7) is 0.684. The summed E-state index contributed by atoms with van der Waals surface area (Å²) < 4.78 is 0.